The van der Waals surface area contributed by atoms with E-state index >= 15 is 0 Å². The second-order valence-electron chi connectivity index (χ2n) is 9.04. The molecule has 0 fully saturated rings. The van der Waals surface area contributed by atoms with Crippen LogP contribution in [0.15, 0.2) is 57.8 Å². The lowest BCUT2D eigenvalue weighted by molar-refractivity contribution is 0.0385. The highest BCUT2D eigenvalue weighted by atomic mass is 16.5. The Morgan fingerprint density at radius 3 is 2.46 bits per heavy atom. The number of unbranched alkanes of at least 4 members (excludes halogenated alkanes) is 1. The molecule has 0 saturated heterocycles. The average Bonchev–Trinajstić information content (AvgIpc) is 3.34. The Labute approximate surface area is 217 Å². The first-order chi connectivity index (χ1) is 18.0. The molecule has 2 aromatic heterocycles. The molecule has 1 N–H and O–H groups in total. The fourth-order valence-corrected chi connectivity index (χ4v) is 4.30. The number of H-pyrrole nitrogens is 1. The van der Waals surface area contributed by atoms with Gasteiger partial charge in [-0.15, -0.1) is 0 Å². The number of hydrogen-bond acceptors (Lipinski definition) is 7. The van der Waals surface area contributed by atoms with Crippen LogP contribution in [0.25, 0.3) is 22.5 Å². The van der Waals surface area contributed by atoms with Crippen molar-refractivity contribution in [1.82, 2.24) is 20.1 Å². The number of aryl methyl sites for hydroxylation is 2. The Morgan fingerprint density at radius 2 is 1.78 bits per heavy atom. The number of aromatic amines is 1. The topological polar surface area (TPSA) is 103 Å². The van der Waals surface area contributed by atoms with E-state index in [-0.39, 0.29) is 6.10 Å². The second kappa shape index (κ2) is 12.5. The number of aromatic nitrogens is 4. The molecule has 8 heteroatoms. The Morgan fingerprint density at radius 1 is 1.03 bits per heavy atom. The minimum atomic E-state index is -0.576. The molecule has 0 amide bonds. The van der Waals surface area contributed by atoms with Crippen LogP contribution in [0.2, 0.25) is 0 Å². The normalized spacial score (nSPS) is 12.0. The van der Waals surface area contributed by atoms with E-state index in [1.165, 1.54) is 0 Å². The first-order valence-electron chi connectivity index (χ1n) is 12.8. The number of nitrogens with one attached hydrogen (secondary N) is 1. The molecule has 0 aliphatic carbocycles. The van der Waals surface area contributed by atoms with Crippen LogP contribution < -0.4 is 10.5 Å². The number of rotatable bonds is 12. The van der Waals surface area contributed by atoms with Crippen LogP contribution in [0.1, 0.15) is 56.3 Å². The Kier molecular flexibility index (Phi) is 8.85. The van der Waals surface area contributed by atoms with Crippen LogP contribution in [-0.2, 0) is 17.6 Å². The van der Waals surface area contributed by atoms with Crippen LogP contribution >= 0.6 is 0 Å². The zero-order chi connectivity index (χ0) is 26.2. The van der Waals surface area contributed by atoms with Gasteiger partial charge in [0.25, 0.3) is 0 Å². The Balaban J connectivity index is 1.62. The molecule has 2 aromatic carbocycles. The standard InChI is InChI=1S/C29H34N4O4/c1-5-7-12-26-25(28(31-20(4)30-26)36-18-19(3)35-6-2)17-21-13-15-22(16-14-21)23-10-8-9-11-24(23)27-32-29(34)37-33-27/h8-11,13-16,19H,5-7,12,17-18H2,1-4H3,(H,32,33,34). The number of ether oxygens (including phenoxy) is 2. The number of nitrogens with zero attached hydrogens (tertiary/aromatic N) is 3. The van der Waals surface area contributed by atoms with Gasteiger partial charge in [0.05, 0.1) is 11.8 Å². The lowest BCUT2D eigenvalue weighted by atomic mass is 9.96. The highest BCUT2D eigenvalue weighted by Gasteiger charge is 2.17. The predicted octanol–water partition coefficient (Wildman–Crippen LogP) is 5.53. The third kappa shape index (κ3) is 6.71. The lowest BCUT2D eigenvalue weighted by Gasteiger charge is -2.18. The third-order valence-corrected chi connectivity index (χ3v) is 6.11. The summed E-state index contributed by atoms with van der Waals surface area (Å²) >= 11 is 0. The van der Waals surface area contributed by atoms with E-state index in [0.29, 0.717) is 37.2 Å². The average molecular weight is 503 g/mol. The van der Waals surface area contributed by atoms with Crippen LogP contribution in [-0.4, -0.2) is 39.4 Å². The van der Waals surface area contributed by atoms with Crippen LogP contribution in [0.5, 0.6) is 5.88 Å². The fourth-order valence-electron chi connectivity index (χ4n) is 4.30. The van der Waals surface area contributed by atoms with Crippen molar-refractivity contribution in [1.29, 1.82) is 0 Å². The van der Waals surface area contributed by atoms with Gasteiger partial charge in [0, 0.05) is 24.2 Å². The predicted molar refractivity (Wildman–Crippen MR) is 143 cm³/mol. The van der Waals surface area contributed by atoms with Crippen molar-refractivity contribution in [3.63, 3.8) is 0 Å². The summed E-state index contributed by atoms with van der Waals surface area (Å²) in [4.78, 5) is 23.5. The molecule has 194 valence electrons. The molecule has 0 radical (unpaired) electrons. The molecule has 1 atom stereocenters. The van der Waals surface area contributed by atoms with Crippen LogP contribution in [0.4, 0.5) is 0 Å². The molecule has 1 unspecified atom stereocenters. The first kappa shape index (κ1) is 26.3. The summed E-state index contributed by atoms with van der Waals surface area (Å²) < 4.78 is 16.5. The SMILES string of the molecule is CCCCc1nc(C)nc(OCC(C)OCC)c1Cc1ccc(-c2ccccc2-c2noc(=O)[nH]2)cc1. The lowest BCUT2D eigenvalue weighted by Crippen LogP contribution is -2.20. The summed E-state index contributed by atoms with van der Waals surface area (Å²) in [6.07, 6.45) is 3.67. The molecular weight excluding hydrogens is 468 g/mol. The maximum Gasteiger partial charge on any atom is 0.439 e. The molecule has 0 aliphatic rings. The van der Waals surface area contributed by atoms with Gasteiger partial charge in [0.1, 0.15) is 12.4 Å². The molecule has 4 aromatic rings. The highest BCUT2D eigenvalue weighted by Crippen LogP contribution is 2.31. The van der Waals surface area contributed by atoms with Gasteiger partial charge in [-0.25, -0.2) is 9.78 Å². The van der Waals surface area contributed by atoms with E-state index in [1.807, 2.05) is 45.0 Å². The zero-order valence-electron chi connectivity index (χ0n) is 21.9. The highest BCUT2D eigenvalue weighted by molar-refractivity contribution is 5.80. The Bertz CT molecular complexity index is 1360. The van der Waals surface area contributed by atoms with E-state index in [0.717, 1.165) is 52.8 Å². The van der Waals surface area contributed by atoms with Gasteiger partial charge in [0.15, 0.2) is 5.82 Å². The largest absolute Gasteiger partial charge is 0.475 e. The van der Waals surface area contributed by atoms with Gasteiger partial charge in [-0.3, -0.25) is 9.51 Å². The van der Waals surface area contributed by atoms with Crippen LogP contribution in [0, 0.1) is 6.92 Å². The summed E-state index contributed by atoms with van der Waals surface area (Å²) in [6, 6.07) is 16.1. The minimum Gasteiger partial charge on any atom is -0.475 e. The van der Waals surface area contributed by atoms with Gasteiger partial charge < -0.3 is 9.47 Å². The van der Waals surface area contributed by atoms with Gasteiger partial charge in [0.2, 0.25) is 5.88 Å². The van der Waals surface area contributed by atoms with Gasteiger partial charge in [-0.1, -0.05) is 67.0 Å². The molecule has 4 rings (SSSR count). The van der Waals surface area contributed by atoms with Crippen molar-refractivity contribution in [2.75, 3.05) is 13.2 Å². The molecule has 0 saturated carbocycles. The van der Waals surface area contributed by atoms with Gasteiger partial charge >= 0.3 is 5.76 Å². The van der Waals surface area contributed by atoms with Crippen molar-refractivity contribution in [2.24, 2.45) is 0 Å². The molecule has 0 aliphatic heterocycles. The van der Waals surface area contributed by atoms with E-state index in [9.17, 15) is 4.79 Å². The molecule has 0 spiro atoms. The minimum absolute atomic E-state index is 0.0220. The third-order valence-electron chi connectivity index (χ3n) is 6.11. The van der Waals surface area contributed by atoms with Crippen molar-refractivity contribution in [3.05, 3.63) is 81.7 Å². The second-order valence-corrected chi connectivity index (χ2v) is 9.04. The molecule has 0 bridgehead atoms. The van der Waals surface area contributed by atoms with E-state index in [4.69, 9.17) is 19.0 Å². The number of benzene rings is 2. The smallest absolute Gasteiger partial charge is 0.439 e. The van der Waals surface area contributed by atoms with E-state index in [2.05, 4.69) is 46.3 Å². The van der Waals surface area contributed by atoms with Crippen molar-refractivity contribution >= 4 is 0 Å². The van der Waals surface area contributed by atoms with E-state index < -0.39 is 5.76 Å². The Hall–Kier alpha value is -3.78. The quantitative estimate of drug-likeness (QED) is 0.272. The summed E-state index contributed by atoms with van der Waals surface area (Å²) in [5, 5.41) is 3.86. The molecule has 37 heavy (non-hydrogen) atoms. The number of hydrogen-bond donors (Lipinski definition) is 1. The zero-order valence-corrected chi connectivity index (χ0v) is 21.9. The summed E-state index contributed by atoms with van der Waals surface area (Å²) in [6.45, 7) is 9.15. The summed E-state index contributed by atoms with van der Waals surface area (Å²) in [7, 11) is 0. The molecular formula is C29H34N4O4. The molecule has 2 heterocycles. The monoisotopic (exact) mass is 502 g/mol. The van der Waals surface area contributed by atoms with Crippen molar-refractivity contribution in [2.45, 2.75) is 59.5 Å². The van der Waals surface area contributed by atoms with E-state index in [1.54, 1.807) is 0 Å². The maximum atomic E-state index is 11.5. The van der Waals surface area contributed by atoms with Gasteiger partial charge in [-0.05, 0) is 50.3 Å². The maximum absolute atomic E-state index is 11.5. The van der Waals surface area contributed by atoms with Crippen molar-refractivity contribution < 1.29 is 14.0 Å². The summed E-state index contributed by atoms with van der Waals surface area (Å²) in [5.74, 6) is 1.18. The van der Waals surface area contributed by atoms with Gasteiger partial charge in [-0.2, -0.15) is 4.98 Å². The molecule has 8 nitrogen and oxygen atoms in total. The van der Waals surface area contributed by atoms with Crippen LogP contribution in [0.3, 0.4) is 0 Å². The van der Waals surface area contributed by atoms with Crippen molar-refractivity contribution in [3.8, 4) is 28.4 Å². The fraction of sp³-hybridized carbons (Fsp3) is 0.379. The summed E-state index contributed by atoms with van der Waals surface area (Å²) in [5.41, 5.74) is 5.96. The first-order valence-corrected chi connectivity index (χ1v) is 12.8.